The SMILES string of the molecule is CC(C)[C@H](NC(=O)[C@H](CC(=O)O)NC(=O)[C@H](Cc1ccccc1)NC(=O)[C@@H](C)NC(=O)[C@@H]1Cc2ccccc2CN1)C(=O)N[C@H](C(=O)NCC(N)=O)C(C)C. The van der Waals surface area contributed by atoms with Crippen LogP contribution in [0.2, 0.25) is 0 Å². The van der Waals surface area contributed by atoms with E-state index in [4.69, 9.17) is 5.73 Å². The highest BCUT2D eigenvalue weighted by Crippen LogP contribution is 2.16. The molecule has 1 heterocycles. The highest BCUT2D eigenvalue weighted by molar-refractivity contribution is 5.98. The summed E-state index contributed by atoms with van der Waals surface area (Å²) < 4.78 is 0. The molecule has 0 radical (unpaired) electrons. The van der Waals surface area contributed by atoms with Crippen molar-refractivity contribution in [2.45, 2.75) is 96.7 Å². The normalized spacial score (nSPS) is 16.2. The zero-order chi connectivity index (χ0) is 40.8. The van der Waals surface area contributed by atoms with Gasteiger partial charge in [0.05, 0.1) is 19.0 Å². The summed E-state index contributed by atoms with van der Waals surface area (Å²) in [6.45, 7) is 8.03. The number of rotatable bonds is 19. The van der Waals surface area contributed by atoms with E-state index in [9.17, 15) is 43.5 Å². The second kappa shape index (κ2) is 20.6. The highest BCUT2D eigenvalue weighted by Gasteiger charge is 2.35. The van der Waals surface area contributed by atoms with Crippen LogP contribution in [0.4, 0.5) is 0 Å². The fourth-order valence-electron chi connectivity index (χ4n) is 5.88. The molecule has 0 fully saturated rings. The second-order valence-electron chi connectivity index (χ2n) is 14.2. The van der Waals surface area contributed by atoms with Crippen LogP contribution >= 0.6 is 0 Å². The van der Waals surface area contributed by atoms with Gasteiger partial charge in [-0.05, 0) is 41.9 Å². The molecule has 2 aromatic carbocycles. The molecular formula is C38H52N8O9. The van der Waals surface area contributed by atoms with Gasteiger partial charge in [0.25, 0.3) is 0 Å². The van der Waals surface area contributed by atoms with Gasteiger partial charge in [-0.3, -0.25) is 38.4 Å². The molecule has 1 aliphatic rings. The first-order valence-electron chi connectivity index (χ1n) is 18.1. The van der Waals surface area contributed by atoms with Gasteiger partial charge >= 0.3 is 5.97 Å². The maximum absolute atomic E-state index is 13.8. The minimum Gasteiger partial charge on any atom is -0.481 e. The fraction of sp³-hybridized carbons (Fsp3) is 0.474. The zero-order valence-corrected chi connectivity index (χ0v) is 31.6. The number of carboxylic acid groups (broad SMARTS) is 1. The molecule has 1 aliphatic heterocycles. The number of hydrogen-bond donors (Lipinski definition) is 9. The monoisotopic (exact) mass is 764 g/mol. The molecule has 0 saturated heterocycles. The van der Waals surface area contributed by atoms with E-state index < -0.39 is 108 Å². The summed E-state index contributed by atoms with van der Waals surface area (Å²) in [5.41, 5.74) is 7.84. The number of nitrogens with one attached hydrogen (secondary N) is 7. The van der Waals surface area contributed by atoms with Gasteiger partial charge in [0, 0.05) is 13.0 Å². The van der Waals surface area contributed by atoms with E-state index in [-0.39, 0.29) is 6.42 Å². The Bertz CT molecular complexity index is 1720. The van der Waals surface area contributed by atoms with Crippen LogP contribution in [0, 0.1) is 11.8 Å². The first-order chi connectivity index (χ1) is 26.0. The number of benzene rings is 2. The summed E-state index contributed by atoms with van der Waals surface area (Å²) in [5, 5.41) is 27.9. The van der Waals surface area contributed by atoms with Gasteiger partial charge < -0.3 is 48.1 Å². The van der Waals surface area contributed by atoms with E-state index in [1.165, 1.54) is 6.92 Å². The second-order valence-corrected chi connectivity index (χ2v) is 14.2. The Balaban J connectivity index is 1.75. The number of amides is 7. The number of hydrogen-bond acceptors (Lipinski definition) is 9. The summed E-state index contributed by atoms with van der Waals surface area (Å²) in [6.07, 6.45) is -0.497. The fourth-order valence-corrected chi connectivity index (χ4v) is 5.88. The third kappa shape index (κ3) is 13.5. The van der Waals surface area contributed by atoms with Crippen molar-refractivity contribution >= 4 is 47.3 Å². The molecule has 17 heteroatoms. The standard InChI is InChI=1S/C38H52N8O9/c1-20(2)31(37(54)41-19-29(39)47)46-38(55)32(21(3)4)45-36(53)28(17-30(48)49)44-35(52)27(15-23-11-7-6-8-12-23)43-33(50)22(5)42-34(51)26-16-24-13-9-10-14-25(24)18-40-26/h6-14,20-22,26-28,31-32,40H,15-19H2,1-5H3,(H2,39,47)(H,41,54)(H,42,51)(H,43,50)(H,44,52)(H,45,53)(H,46,55)(H,48,49)/t22-,26+,27+,28+,31+,32+/m1/s1. The molecule has 0 aliphatic carbocycles. The van der Waals surface area contributed by atoms with E-state index in [0.717, 1.165) is 11.1 Å². The van der Waals surface area contributed by atoms with E-state index in [1.54, 1.807) is 58.0 Å². The van der Waals surface area contributed by atoms with Crippen LogP contribution in [0.25, 0.3) is 0 Å². The number of carbonyl (C=O) groups excluding carboxylic acids is 7. The maximum Gasteiger partial charge on any atom is 0.305 e. The van der Waals surface area contributed by atoms with Gasteiger partial charge in [0.1, 0.15) is 30.2 Å². The van der Waals surface area contributed by atoms with Gasteiger partial charge in [0.2, 0.25) is 41.4 Å². The predicted molar refractivity (Wildman–Crippen MR) is 200 cm³/mol. The lowest BCUT2D eigenvalue weighted by Crippen LogP contribution is -2.61. The van der Waals surface area contributed by atoms with Crippen LogP contribution < -0.4 is 43.0 Å². The van der Waals surface area contributed by atoms with Gasteiger partial charge in [-0.15, -0.1) is 0 Å². The summed E-state index contributed by atoms with van der Waals surface area (Å²) in [7, 11) is 0. The molecular weight excluding hydrogens is 712 g/mol. The van der Waals surface area contributed by atoms with E-state index in [1.807, 2.05) is 24.3 Å². The minimum atomic E-state index is -1.69. The summed E-state index contributed by atoms with van der Waals surface area (Å²) >= 11 is 0. The third-order valence-electron chi connectivity index (χ3n) is 9.01. The highest BCUT2D eigenvalue weighted by atomic mass is 16.4. The number of primary amides is 1. The molecule has 0 saturated carbocycles. The third-order valence-corrected chi connectivity index (χ3v) is 9.01. The first-order valence-corrected chi connectivity index (χ1v) is 18.1. The Hall–Kier alpha value is -5.84. The maximum atomic E-state index is 13.8. The summed E-state index contributed by atoms with van der Waals surface area (Å²) in [5.74, 6) is -7.66. The van der Waals surface area contributed by atoms with Crippen molar-refractivity contribution in [2.75, 3.05) is 6.54 Å². The van der Waals surface area contributed by atoms with Crippen molar-refractivity contribution in [3.05, 3.63) is 71.3 Å². The van der Waals surface area contributed by atoms with Crippen molar-refractivity contribution < 1.29 is 43.5 Å². The number of nitrogens with two attached hydrogens (primary N) is 1. The van der Waals surface area contributed by atoms with Crippen LogP contribution in [0.1, 0.15) is 57.7 Å². The molecule has 298 valence electrons. The molecule has 7 amide bonds. The van der Waals surface area contributed by atoms with E-state index >= 15 is 0 Å². The average molecular weight is 765 g/mol. The molecule has 0 unspecified atom stereocenters. The van der Waals surface area contributed by atoms with Gasteiger partial charge in [-0.2, -0.15) is 0 Å². The van der Waals surface area contributed by atoms with Crippen molar-refractivity contribution in [3.8, 4) is 0 Å². The molecule has 0 spiro atoms. The number of carboxylic acids is 1. The minimum absolute atomic E-state index is 0.0487. The Morgan fingerprint density at radius 2 is 1.24 bits per heavy atom. The lowest BCUT2D eigenvalue weighted by molar-refractivity contribution is -0.141. The van der Waals surface area contributed by atoms with Crippen LogP contribution in [0.3, 0.4) is 0 Å². The number of fused-ring (bicyclic) bond motifs is 1. The quantitative estimate of drug-likeness (QED) is 0.0823. The molecule has 55 heavy (non-hydrogen) atoms. The average Bonchev–Trinajstić information content (AvgIpc) is 3.13. The van der Waals surface area contributed by atoms with Crippen LogP contribution in [-0.2, 0) is 57.7 Å². The van der Waals surface area contributed by atoms with E-state index in [0.29, 0.717) is 18.5 Å². The Morgan fingerprint density at radius 1 is 0.691 bits per heavy atom. The largest absolute Gasteiger partial charge is 0.481 e. The topological polar surface area (TPSA) is 267 Å². The van der Waals surface area contributed by atoms with Crippen molar-refractivity contribution in [1.82, 2.24) is 37.2 Å². The molecule has 17 nitrogen and oxygen atoms in total. The molecule has 2 aromatic rings. The molecule has 10 N–H and O–H groups in total. The summed E-state index contributed by atoms with van der Waals surface area (Å²) in [4.78, 5) is 103. The molecule has 3 rings (SSSR count). The number of carbonyl (C=O) groups is 8. The Labute approximate surface area is 319 Å². The van der Waals surface area contributed by atoms with Crippen molar-refractivity contribution in [3.63, 3.8) is 0 Å². The smallest absolute Gasteiger partial charge is 0.305 e. The van der Waals surface area contributed by atoms with Gasteiger partial charge in [-0.1, -0.05) is 82.3 Å². The van der Waals surface area contributed by atoms with E-state index in [2.05, 4.69) is 37.2 Å². The lowest BCUT2D eigenvalue weighted by Gasteiger charge is -2.29. The van der Waals surface area contributed by atoms with Crippen molar-refractivity contribution in [2.24, 2.45) is 17.6 Å². The summed E-state index contributed by atoms with van der Waals surface area (Å²) in [6, 6.07) is 9.32. The molecule has 0 aromatic heterocycles. The van der Waals surface area contributed by atoms with Crippen LogP contribution in [0.15, 0.2) is 54.6 Å². The Kier molecular flexibility index (Phi) is 16.3. The lowest BCUT2D eigenvalue weighted by atomic mass is 9.95. The molecule has 6 atom stereocenters. The first kappa shape index (κ1) is 43.6. The van der Waals surface area contributed by atoms with Gasteiger partial charge in [0.15, 0.2) is 0 Å². The van der Waals surface area contributed by atoms with Crippen LogP contribution in [-0.4, -0.2) is 95.2 Å². The van der Waals surface area contributed by atoms with Crippen molar-refractivity contribution in [1.29, 1.82) is 0 Å². The Morgan fingerprint density at radius 3 is 1.84 bits per heavy atom. The zero-order valence-electron chi connectivity index (χ0n) is 31.6. The number of aliphatic carboxylic acids is 1. The molecule has 0 bridgehead atoms. The predicted octanol–water partition coefficient (Wildman–Crippen LogP) is -1.22. The van der Waals surface area contributed by atoms with Gasteiger partial charge in [-0.25, -0.2) is 0 Å². The van der Waals surface area contributed by atoms with Crippen LogP contribution in [0.5, 0.6) is 0 Å².